The van der Waals surface area contributed by atoms with Crippen molar-refractivity contribution in [3.8, 4) is 0 Å². The summed E-state index contributed by atoms with van der Waals surface area (Å²) in [5.74, 6) is -0.618. The highest BCUT2D eigenvalue weighted by molar-refractivity contribution is 7.20. The van der Waals surface area contributed by atoms with Gasteiger partial charge in [-0.15, -0.1) is 11.3 Å². The SMILES string of the molecule is Cc1nc2sc(C(=O)OCC(=O)NC(=O)NCCC(C)C)c(C)c2c(=O)[nH]1. The molecule has 0 aliphatic carbocycles. The number of aromatic nitrogens is 2. The standard InChI is InChI=1S/C17H22N4O5S/c1-8(2)5-6-18-17(25)21-11(22)7-26-16(24)13-9(3)12-14(23)19-10(4)20-15(12)27-13/h8H,5-7H2,1-4H3,(H,19,20,23)(H2,18,21,22,25). The summed E-state index contributed by atoms with van der Waals surface area (Å²) >= 11 is 1.02. The predicted molar refractivity (Wildman–Crippen MR) is 101 cm³/mol. The number of rotatable bonds is 6. The van der Waals surface area contributed by atoms with Crippen LogP contribution in [0.2, 0.25) is 0 Å². The number of fused-ring (bicyclic) bond motifs is 1. The second-order valence-electron chi connectivity index (χ2n) is 6.45. The van der Waals surface area contributed by atoms with E-state index >= 15 is 0 Å². The van der Waals surface area contributed by atoms with Gasteiger partial charge < -0.3 is 15.0 Å². The molecule has 3 amide bonds. The van der Waals surface area contributed by atoms with Gasteiger partial charge in [0.05, 0.1) is 5.39 Å². The highest BCUT2D eigenvalue weighted by atomic mass is 32.1. The van der Waals surface area contributed by atoms with E-state index in [0.717, 1.165) is 17.8 Å². The third-order valence-corrected chi connectivity index (χ3v) is 4.86. The first-order valence-corrected chi connectivity index (χ1v) is 9.25. The van der Waals surface area contributed by atoms with Crippen molar-refractivity contribution in [3.63, 3.8) is 0 Å². The Kier molecular flexibility index (Phi) is 6.67. The molecule has 0 spiro atoms. The van der Waals surface area contributed by atoms with Crippen LogP contribution < -0.4 is 16.2 Å². The van der Waals surface area contributed by atoms with E-state index in [2.05, 4.69) is 20.6 Å². The van der Waals surface area contributed by atoms with Crippen molar-refractivity contribution in [1.29, 1.82) is 0 Å². The summed E-state index contributed by atoms with van der Waals surface area (Å²) < 4.78 is 4.95. The molecule has 27 heavy (non-hydrogen) atoms. The van der Waals surface area contributed by atoms with Gasteiger partial charge in [-0.1, -0.05) is 13.8 Å². The Hall–Kier alpha value is -2.75. The first kappa shape index (κ1) is 20.6. The quantitative estimate of drug-likeness (QED) is 0.639. The number of imide groups is 1. The van der Waals surface area contributed by atoms with Crippen LogP contribution in [0.3, 0.4) is 0 Å². The number of aromatic amines is 1. The van der Waals surface area contributed by atoms with Crippen molar-refractivity contribution in [2.45, 2.75) is 34.1 Å². The van der Waals surface area contributed by atoms with Crippen molar-refractivity contribution in [2.75, 3.05) is 13.2 Å². The van der Waals surface area contributed by atoms with Crippen LogP contribution in [0.25, 0.3) is 10.2 Å². The van der Waals surface area contributed by atoms with Gasteiger partial charge in [0.15, 0.2) is 6.61 Å². The lowest BCUT2D eigenvalue weighted by molar-refractivity contribution is -0.123. The van der Waals surface area contributed by atoms with Crippen molar-refractivity contribution in [1.82, 2.24) is 20.6 Å². The minimum absolute atomic E-state index is 0.197. The lowest BCUT2D eigenvalue weighted by Crippen LogP contribution is -2.41. The summed E-state index contributed by atoms with van der Waals surface area (Å²) in [6.45, 7) is 7.13. The maximum absolute atomic E-state index is 12.2. The number of nitrogens with one attached hydrogen (secondary N) is 3. The first-order chi connectivity index (χ1) is 12.7. The van der Waals surface area contributed by atoms with Gasteiger partial charge in [0.1, 0.15) is 15.5 Å². The number of hydrogen-bond acceptors (Lipinski definition) is 7. The number of aryl methyl sites for hydroxylation is 2. The number of carbonyl (C=O) groups excluding carboxylic acids is 3. The molecule has 2 aromatic rings. The maximum Gasteiger partial charge on any atom is 0.349 e. The van der Waals surface area contributed by atoms with Gasteiger partial charge in [0.25, 0.3) is 11.5 Å². The number of urea groups is 1. The van der Waals surface area contributed by atoms with Gasteiger partial charge in [0, 0.05) is 6.54 Å². The molecule has 0 saturated heterocycles. The molecule has 0 bridgehead atoms. The molecule has 0 aliphatic heterocycles. The zero-order chi connectivity index (χ0) is 20.1. The van der Waals surface area contributed by atoms with Gasteiger partial charge in [-0.2, -0.15) is 0 Å². The fourth-order valence-corrected chi connectivity index (χ4v) is 3.45. The van der Waals surface area contributed by atoms with Crippen molar-refractivity contribution in [3.05, 3.63) is 26.6 Å². The molecule has 0 saturated carbocycles. The monoisotopic (exact) mass is 394 g/mol. The maximum atomic E-state index is 12.2. The Morgan fingerprint density at radius 1 is 1.26 bits per heavy atom. The van der Waals surface area contributed by atoms with E-state index in [1.807, 2.05) is 13.8 Å². The zero-order valence-corrected chi connectivity index (χ0v) is 16.4. The minimum Gasteiger partial charge on any atom is -0.451 e. The summed E-state index contributed by atoms with van der Waals surface area (Å²) in [6.07, 6.45) is 0.786. The largest absolute Gasteiger partial charge is 0.451 e. The van der Waals surface area contributed by atoms with Crippen LogP contribution in [-0.2, 0) is 9.53 Å². The minimum atomic E-state index is -0.747. The van der Waals surface area contributed by atoms with Gasteiger partial charge in [-0.25, -0.2) is 14.6 Å². The summed E-state index contributed by atoms with van der Waals surface area (Å²) in [4.78, 5) is 55.0. The number of hydrogen-bond donors (Lipinski definition) is 3. The van der Waals surface area contributed by atoms with Crippen LogP contribution in [0.15, 0.2) is 4.79 Å². The molecule has 0 unspecified atom stereocenters. The Morgan fingerprint density at radius 3 is 2.63 bits per heavy atom. The van der Waals surface area contributed by atoms with Crippen LogP contribution in [0.4, 0.5) is 4.79 Å². The van der Waals surface area contributed by atoms with Crippen molar-refractivity contribution < 1.29 is 19.1 Å². The van der Waals surface area contributed by atoms with Crippen LogP contribution in [-0.4, -0.2) is 41.0 Å². The smallest absolute Gasteiger partial charge is 0.349 e. The Bertz CT molecular complexity index is 931. The van der Waals surface area contributed by atoms with Crippen LogP contribution >= 0.6 is 11.3 Å². The topological polar surface area (TPSA) is 130 Å². The molecule has 0 aliphatic rings. The summed E-state index contributed by atoms with van der Waals surface area (Å²) in [5, 5.41) is 4.96. The fourth-order valence-electron chi connectivity index (χ4n) is 2.32. The molecule has 2 heterocycles. The number of nitrogens with zero attached hydrogens (tertiary/aromatic N) is 1. The fraction of sp³-hybridized carbons (Fsp3) is 0.471. The second-order valence-corrected chi connectivity index (χ2v) is 7.45. The van der Waals surface area contributed by atoms with Gasteiger partial charge in [-0.05, 0) is 31.7 Å². The highest BCUT2D eigenvalue weighted by Crippen LogP contribution is 2.27. The van der Waals surface area contributed by atoms with Gasteiger partial charge in [-0.3, -0.25) is 14.9 Å². The number of esters is 1. The molecule has 2 rings (SSSR count). The highest BCUT2D eigenvalue weighted by Gasteiger charge is 2.21. The molecule has 10 heteroatoms. The third kappa shape index (κ3) is 5.36. The van der Waals surface area contributed by atoms with E-state index in [1.54, 1.807) is 13.8 Å². The molecule has 2 aromatic heterocycles. The molecule has 0 atom stereocenters. The average molecular weight is 394 g/mol. The predicted octanol–water partition coefficient (Wildman–Crippen LogP) is 1.63. The number of amides is 3. The molecule has 0 fully saturated rings. The second kappa shape index (κ2) is 8.76. The van der Waals surface area contributed by atoms with Crippen LogP contribution in [0.1, 0.15) is 41.3 Å². The first-order valence-electron chi connectivity index (χ1n) is 8.43. The average Bonchev–Trinajstić information content (AvgIpc) is 2.89. The summed E-state index contributed by atoms with van der Waals surface area (Å²) in [6, 6.07) is -0.638. The van der Waals surface area contributed by atoms with E-state index in [4.69, 9.17) is 4.74 Å². The molecule has 3 N–H and O–H groups in total. The molecular weight excluding hydrogens is 372 g/mol. The van der Waals surface area contributed by atoms with E-state index in [0.29, 0.717) is 34.1 Å². The molecule has 0 radical (unpaired) electrons. The molecule has 0 aromatic carbocycles. The Balaban J connectivity index is 1.94. The number of ether oxygens (including phenoxy) is 1. The van der Waals surface area contributed by atoms with Crippen LogP contribution in [0.5, 0.6) is 0 Å². The van der Waals surface area contributed by atoms with Crippen molar-refractivity contribution >= 4 is 39.5 Å². The third-order valence-electron chi connectivity index (χ3n) is 3.70. The van der Waals surface area contributed by atoms with E-state index in [1.165, 1.54) is 0 Å². The Labute approximate surface area is 159 Å². The number of H-pyrrole nitrogens is 1. The van der Waals surface area contributed by atoms with Crippen molar-refractivity contribution in [2.24, 2.45) is 5.92 Å². The van der Waals surface area contributed by atoms with E-state index in [9.17, 15) is 19.2 Å². The van der Waals surface area contributed by atoms with Crippen LogP contribution in [0, 0.1) is 19.8 Å². The lowest BCUT2D eigenvalue weighted by atomic mass is 10.1. The normalized spacial score (nSPS) is 10.9. The lowest BCUT2D eigenvalue weighted by Gasteiger charge is -2.08. The zero-order valence-electron chi connectivity index (χ0n) is 15.6. The van der Waals surface area contributed by atoms with E-state index in [-0.39, 0.29) is 10.4 Å². The number of carbonyl (C=O) groups is 3. The van der Waals surface area contributed by atoms with Gasteiger partial charge >= 0.3 is 12.0 Å². The molecule has 146 valence electrons. The Morgan fingerprint density at radius 2 is 1.96 bits per heavy atom. The molecule has 9 nitrogen and oxygen atoms in total. The summed E-state index contributed by atoms with van der Waals surface area (Å²) in [5.41, 5.74) is 0.113. The summed E-state index contributed by atoms with van der Waals surface area (Å²) in [7, 11) is 0. The van der Waals surface area contributed by atoms with Gasteiger partial charge in [0.2, 0.25) is 0 Å². The van der Waals surface area contributed by atoms with E-state index < -0.39 is 24.5 Å². The molecular formula is C17H22N4O5S. The number of thiophene rings is 1.